The van der Waals surface area contributed by atoms with Gasteiger partial charge in [-0.05, 0) is 137 Å². The number of fused-ring (bicyclic) bond motifs is 13. The minimum atomic E-state index is -0.103. The summed E-state index contributed by atoms with van der Waals surface area (Å²) in [6.45, 7) is 14.4. The van der Waals surface area contributed by atoms with Crippen molar-refractivity contribution in [3.8, 4) is 11.1 Å². The van der Waals surface area contributed by atoms with Crippen molar-refractivity contribution in [2.75, 3.05) is 14.7 Å². The summed E-state index contributed by atoms with van der Waals surface area (Å²) in [4.78, 5) is 7.97. The monoisotopic (exact) mass is 961 g/mol. The van der Waals surface area contributed by atoms with Crippen LogP contribution in [0.2, 0.25) is 0 Å². The highest BCUT2D eigenvalue weighted by Crippen LogP contribution is 2.62. The molecule has 0 amide bonds. The van der Waals surface area contributed by atoms with Crippen molar-refractivity contribution >= 4 is 122 Å². The number of furan rings is 1. The molecule has 1 aliphatic carbocycles. The third kappa shape index (κ3) is 5.96. The van der Waals surface area contributed by atoms with Crippen molar-refractivity contribution in [3.63, 3.8) is 0 Å². The van der Waals surface area contributed by atoms with Gasteiger partial charge >= 0.3 is 0 Å². The largest absolute Gasteiger partial charge is 0.454 e. The number of para-hydroxylation sites is 2. The zero-order valence-electron chi connectivity index (χ0n) is 42.4. The van der Waals surface area contributed by atoms with Gasteiger partial charge in [0.25, 0.3) is 6.71 Å². The van der Waals surface area contributed by atoms with Gasteiger partial charge < -0.3 is 19.1 Å². The van der Waals surface area contributed by atoms with Gasteiger partial charge in [0.05, 0.1) is 21.6 Å². The highest BCUT2D eigenvalue weighted by atomic mass is 32.1. The Kier molecular flexibility index (Phi) is 9.00. The second-order valence-electron chi connectivity index (χ2n) is 22.8. The van der Waals surface area contributed by atoms with E-state index >= 15 is 0 Å². The summed E-state index contributed by atoms with van der Waals surface area (Å²) >= 11 is 1.91. The van der Waals surface area contributed by atoms with E-state index in [1.807, 2.05) is 11.3 Å². The van der Waals surface area contributed by atoms with Gasteiger partial charge in [-0.2, -0.15) is 0 Å². The van der Waals surface area contributed by atoms with Crippen LogP contribution >= 0.6 is 11.3 Å². The Morgan fingerprint density at radius 3 is 2.01 bits per heavy atom. The van der Waals surface area contributed by atoms with Crippen LogP contribution in [0.25, 0.3) is 53.2 Å². The molecule has 0 saturated heterocycles. The normalized spacial score (nSPS) is 18.9. The first kappa shape index (κ1) is 43.1. The minimum absolute atomic E-state index is 0.00361. The topological polar surface area (TPSA) is 22.9 Å². The highest BCUT2D eigenvalue weighted by molar-refractivity contribution is 7.26. The SMILES string of the molecule is Cc1cc2c3c(c1)N(c1cccc4c1sc1ccccc14)c1cc(N4c5ccc(C(C)(C)C)cc5C5(C)CCCCC45C)ccc1B3c1ccc(-c3ccccc3)cc1N2c1cccc2c1oc1ccccc12. The van der Waals surface area contributed by atoms with E-state index in [9.17, 15) is 0 Å². The van der Waals surface area contributed by atoms with Crippen LogP contribution in [-0.4, -0.2) is 12.3 Å². The number of anilines is 8. The van der Waals surface area contributed by atoms with Gasteiger partial charge in [0.1, 0.15) is 5.58 Å². The van der Waals surface area contributed by atoms with Crippen molar-refractivity contribution in [2.24, 2.45) is 0 Å². The molecule has 5 heterocycles. The number of thiophene rings is 1. The maximum absolute atomic E-state index is 6.94. The molecule has 1 saturated carbocycles. The number of rotatable bonds is 4. The van der Waals surface area contributed by atoms with E-state index in [4.69, 9.17) is 4.42 Å². The van der Waals surface area contributed by atoms with Crippen molar-refractivity contribution in [2.45, 2.75) is 83.6 Å². The highest BCUT2D eigenvalue weighted by Gasteiger charge is 2.58. The van der Waals surface area contributed by atoms with E-state index in [0.717, 1.165) is 34.0 Å². The van der Waals surface area contributed by atoms with E-state index in [2.05, 4.69) is 238 Å². The summed E-state index contributed by atoms with van der Waals surface area (Å²) in [7, 11) is 0. The van der Waals surface area contributed by atoms with Gasteiger partial charge in [0, 0.05) is 65.8 Å². The Morgan fingerprint density at radius 1 is 0.534 bits per heavy atom. The quantitative estimate of drug-likeness (QED) is 0.164. The van der Waals surface area contributed by atoms with Gasteiger partial charge in [0.2, 0.25) is 0 Å². The molecule has 0 radical (unpaired) electrons. The maximum atomic E-state index is 6.94. The van der Waals surface area contributed by atoms with Crippen LogP contribution in [0.1, 0.15) is 77.0 Å². The van der Waals surface area contributed by atoms with Crippen LogP contribution in [0, 0.1) is 6.92 Å². The fraction of sp³-hybridized carbons (Fsp3) is 0.194. The predicted molar refractivity (Wildman–Crippen MR) is 312 cm³/mol. The molecule has 2 atom stereocenters. The van der Waals surface area contributed by atoms with Crippen molar-refractivity contribution in [1.29, 1.82) is 0 Å². The second-order valence-corrected chi connectivity index (χ2v) is 23.9. The molecule has 354 valence electrons. The lowest BCUT2D eigenvalue weighted by Gasteiger charge is -2.50. The fourth-order valence-electron chi connectivity index (χ4n) is 14.0. The molecule has 4 aliphatic rings. The molecule has 2 aromatic heterocycles. The predicted octanol–water partition coefficient (Wildman–Crippen LogP) is 17.1. The molecule has 0 spiro atoms. The molecule has 2 unspecified atom stereocenters. The Labute approximate surface area is 432 Å². The Hall–Kier alpha value is -7.54. The summed E-state index contributed by atoms with van der Waals surface area (Å²) < 4.78 is 9.55. The Bertz CT molecular complexity index is 4130. The van der Waals surface area contributed by atoms with Crippen LogP contribution in [0.15, 0.2) is 186 Å². The van der Waals surface area contributed by atoms with Crippen LogP contribution < -0.4 is 31.1 Å². The van der Waals surface area contributed by atoms with E-state index in [0.29, 0.717) is 0 Å². The van der Waals surface area contributed by atoms with Crippen molar-refractivity contribution < 1.29 is 4.42 Å². The summed E-state index contributed by atoms with van der Waals surface area (Å²) in [5, 5.41) is 4.85. The second kappa shape index (κ2) is 15.3. The molecule has 9 aromatic carbocycles. The first-order valence-corrected chi connectivity index (χ1v) is 27.1. The van der Waals surface area contributed by atoms with Gasteiger partial charge in [-0.1, -0.05) is 162 Å². The van der Waals surface area contributed by atoms with Crippen molar-refractivity contribution in [3.05, 3.63) is 199 Å². The van der Waals surface area contributed by atoms with Crippen LogP contribution in [0.4, 0.5) is 45.5 Å². The molecule has 3 aliphatic heterocycles. The molecule has 73 heavy (non-hydrogen) atoms. The Morgan fingerprint density at radius 2 is 1.21 bits per heavy atom. The van der Waals surface area contributed by atoms with Gasteiger partial charge in [-0.25, -0.2) is 0 Å². The van der Waals surface area contributed by atoms with E-state index in [1.165, 1.54) is 123 Å². The summed E-state index contributed by atoms with van der Waals surface area (Å²) in [5.41, 5.74) is 21.9. The van der Waals surface area contributed by atoms with Crippen LogP contribution in [0.5, 0.6) is 0 Å². The number of hydrogen-bond donors (Lipinski definition) is 0. The van der Waals surface area contributed by atoms with E-state index in [-0.39, 0.29) is 23.1 Å². The summed E-state index contributed by atoms with van der Waals surface area (Å²) in [6.07, 6.45) is 4.81. The van der Waals surface area contributed by atoms with E-state index in [1.54, 1.807) is 0 Å². The van der Waals surface area contributed by atoms with Gasteiger partial charge in [-0.3, -0.25) is 0 Å². The number of hydrogen-bond acceptors (Lipinski definition) is 5. The van der Waals surface area contributed by atoms with Gasteiger partial charge in [-0.15, -0.1) is 11.3 Å². The molecule has 0 N–H and O–H groups in total. The molecule has 11 aromatic rings. The maximum Gasteiger partial charge on any atom is 0.252 e. The fourth-order valence-corrected chi connectivity index (χ4v) is 15.2. The third-order valence-electron chi connectivity index (χ3n) is 17.8. The molecule has 0 bridgehead atoms. The van der Waals surface area contributed by atoms with E-state index < -0.39 is 0 Å². The number of benzene rings is 9. The number of aryl methyl sites for hydroxylation is 1. The van der Waals surface area contributed by atoms with Crippen LogP contribution in [0.3, 0.4) is 0 Å². The standard InChI is InChI=1S/C67H56BN3OS/c1-41-36-58-62-59(37-41)70(55-25-17-23-49-47-21-11-13-27-61(47)73-64(49)55)57-40-45(71-53-33-29-44(65(2,3)4)39-50(53)66(5)34-14-15-35-67(66,71)6)30-32-52(57)68(62)51-31-28-43(42-18-8-7-9-19-42)38-56(51)69(58)54-24-16-22-48-46-20-10-12-26-60(46)72-63(48)54/h7-13,16-33,36-40H,14-15,34-35H2,1-6H3. The lowest BCUT2D eigenvalue weighted by atomic mass is 9.33. The zero-order chi connectivity index (χ0) is 49.1. The smallest absolute Gasteiger partial charge is 0.252 e. The van der Waals surface area contributed by atoms with Gasteiger partial charge in [0.15, 0.2) is 5.58 Å². The molecule has 15 rings (SSSR count). The lowest BCUT2D eigenvalue weighted by molar-refractivity contribution is 0.195. The van der Waals surface area contributed by atoms with Crippen LogP contribution in [-0.2, 0) is 10.8 Å². The lowest BCUT2D eigenvalue weighted by Crippen LogP contribution is -2.61. The minimum Gasteiger partial charge on any atom is -0.454 e. The third-order valence-corrected chi connectivity index (χ3v) is 19.0. The summed E-state index contributed by atoms with van der Waals surface area (Å²) in [6, 6.07) is 69.0. The number of nitrogens with zero attached hydrogens (tertiary/aromatic N) is 3. The summed E-state index contributed by atoms with van der Waals surface area (Å²) in [5.74, 6) is 0. The zero-order valence-corrected chi connectivity index (χ0v) is 43.2. The van der Waals surface area contributed by atoms with Crippen molar-refractivity contribution in [1.82, 2.24) is 0 Å². The first-order valence-electron chi connectivity index (χ1n) is 26.3. The Balaban J connectivity index is 1.03. The molecule has 1 fully saturated rings. The molecule has 6 heteroatoms. The average molecular weight is 962 g/mol. The molecular formula is C67H56BN3OS. The first-order chi connectivity index (χ1) is 35.5. The average Bonchev–Trinajstić information content (AvgIpc) is 4.05. The molecular weight excluding hydrogens is 906 g/mol. The molecule has 4 nitrogen and oxygen atoms in total.